The fraction of sp³-hybridized carbons (Fsp3) is 0.714. The van der Waals surface area contributed by atoms with Gasteiger partial charge < -0.3 is 14.8 Å². The zero-order valence-corrected chi connectivity index (χ0v) is 16.9. The molecule has 1 aliphatic heterocycles. The Labute approximate surface area is 158 Å². The van der Waals surface area contributed by atoms with E-state index in [1.54, 1.807) is 7.11 Å². The molecule has 0 radical (unpaired) electrons. The van der Waals surface area contributed by atoms with Crippen molar-refractivity contribution < 1.29 is 14.8 Å². The van der Waals surface area contributed by atoms with Gasteiger partial charge in [-0.15, -0.1) is 0 Å². The lowest BCUT2D eigenvalue weighted by atomic mass is 9.75. The van der Waals surface area contributed by atoms with E-state index in [0.29, 0.717) is 11.8 Å². The molecule has 1 aromatic rings. The molecule has 25 heavy (non-hydrogen) atoms. The van der Waals surface area contributed by atoms with E-state index in [1.807, 2.05) is 12.1 Å². The third kappa shape index (κ3) is 7.26. The molecule has 2 N–H and O–H groups in total. The van der Waals surface area contributed by atoms with Crippen LogP contribution in [-0.4, -0.2) is 39.0 Å². The number of rotatable bonds is 10. The minimum Gasteiger partial charge on any atom is -0.384 e. The minimum absolute atomic E-state index is 0.00380. The van der Waals surface area contributed by atoms with E-state index in [4.69, 9.17) is 21.1 Å². The molecular weight excluding hydrogens is 334 g/mol. The summed E-state index contributed by atoms with van der Waals surface area (Å²) in [6.45, 7) is 8.51. The number of halogens is 1. The minimum atomic E-state index is 0.00380. The first kappa shape index (κ1) is 20.7. The second kappa shape index (κ2) is 10.5. The van der Waals surface area contributed by atoms with Gasteiger partial charge in [-0.2, -0.15) is 0 Å². The van der Waals surface area contributed by atoms with Gasteiger partial charge in [0.05, 0.1) is 25.3 Å². The molecule has 0 saturated carbocycles. The second-order valence-electron chi connectivity index (χ2n) is 7.92. The Hall–Kier alpha value is -0.610. The SMILES string of the molecule is COCCC[NH2+]CC[C@H](Cc1ccccc1Cl)[C@H]1CCOC(C)(C)C1. The molecule has 1 fully saturated rings. The third-order valence-corrected chi connectivity index (χ3v) is 5.71. The van der Waals surface area contributed by atoms with Crippen LogP contribution < -0.4 is 5.32 Å². The average molecular weight is 369 g/mol. The van der Waals surface area contributed by atoms with Crippen LogP contribution in [0.2, 0.25) is 5.02 Å². The highest BCUT2D eigenvalue weighted by atomic mass is 35.5. The van der Waals surface area contributed by atoms with Gasteiger partial charge in [0.2, 0.25) is 0 Å². The number of methoxy groups -OCH3 is 1. The van der Waals surface area contributed by atoms with Crippen LogP contribution in [0.4, 0.5) is 0 Å². The molecular formula is C21H35ClNO2+. The second-order valence-corrected chi connectivity index (χ2v) is 8.32. The van der Waals surface area contributed by atoms with Crippen molar-refractivity contribution in [3.05, 3.63) is 34.9 Å². The van der Waals surface area contributed by atoms with Crippen LogP contribution in [0.5, 0.6) is 0 Å². The first-order chi connectivity index (χ1) is 12.0. The van der Waals surface area contributed by atoms with Crippen LogP contribution in [0, 0.1) is 11.8 Å². The Kier molecular flexibility index (Phi) is 8.71. The van der Waals surface area contributed by atoms with Gasteiger partial charge in [0.25, 0.3) is 0 Å². The highest BCUT2D eigenvalue weighted by molar-refractivity contribution is 6.31. The average Bonchev–Trinajstić information content (AvgIpc) is 2.57. The number of benzene rings is 1. The lowest BCUT2D eigenvalue weighted by Crippen LogP contribution is -2.84. The van der Waals surface area contributed by atoms with Crippen molar-refractivity contribution in [2.24, 2.45) is 11.8 Å². The topological polar surface area (TPSA) is 35.1 Å². The number of hydrogen-bond donors (Lipinski definition) is 1. The quantitative estimate of drug-likeness (QED) is 0.639. The molecule has 1 heterocycles. The highest BCUT2D eigenvalue weighted by Crippen LogP contribution is 2.36. The monoisotopic (exact) mass is 368 g/mol. The molecule has 142 valence electrons. The lowest BCUT2D eigenvalue weighted by Gasteiger charge is -2.39. The molecule has 0 amide bonds. The maximum Gasteiger partial charge on any atom is 0.0777 e. The Morgan fingerprint density at radius 2 is 2.12 bits per heavy atom. The Morgan fingerprint density at radius 3 is 2.84 bits per heavy atom. The highest BCUT2D eigenvalue weighted by Gasteiger charge is 2.33. The van der Waals surface area contributed by atoms with Crippen molar-refractivity contribution in [1.82, 2.24) is 0 Å². The van der Waals surface area contributed by atoms with Crippen LogP contribution in [0.1, 0.15) is 45.1 Å². The first-order valence-electron chi connectivity index (χ1n) is 9.70. The Bertz CT molecular complexity index is 506. The molecule has 3 nitrogen and oxygen atoms in total. The molecule has 2 atom stereocenters. The summed E-state index contributed by atoms with van der Waals surface area (Å²) >= 11 is 6.44. The van der Waals surface area contributed by atoms with Crippen molar-refractivity contribution in [2.75, 3.05) is 33.4 Å². The van der Waals surface area contributed by atoms with E-state index < -0.39 is 0 Å². The molecule has 0 spiro atoms. The number of hydrogen-bond acceptors (Lipinski definition) is 2. The summed E-state index contributed by atoms with van der Waals surface area (Å²) in [5.41, 5.74) is 1.29. The van der Waals surface area contributed by atoms with E-state index in [2.05, 4.69) is 31.3 Å². The Balaban J connectivity index is 1.94. The van der Waals surface area contributed by atoms with Gasteiger partial charge in [0.1, 0.15) is 0 Å². The molecule has 2 rings (SSSR count). The summed E-state index contributed by atoms with van der Waals surface area (Å²) in [4.78, 5) is 0. The molecule has 1 aromatic carbocycles. The van der Waals surface area contributed by atoms with Crippen LogP contribution in [0.25, 0.3) is 0 Å². The largest absolute Gasteiger partial charge is 0.384 e. The zero-order valence-electron chi connectivity index (χ0n) is 16.1. The lowest BCUT2D eigenvalue weighted by molar-refractivity contribution is -0.656. The zero-order chi connectivity index (χ0) is 18.1. The smallest absolute Gasteiger partial charge is 0.0777 e. The maximum absolute atomic E-state index is 6.44. The van der Waals surface area contributed by atoms with E-state index in [0.717, 1.165) is 44.0 Å². The third-order valence-electron chi connectivity index (χ3n) is 5.34. The van der Waals surface area contributed by atoms with Gasteiger partial charge >= 0.3 is 0 Å². The fourth-order valence-electron chi connectivity index (χ4n) is 3.98. The van der Waals surface area contributed by atoms with E-state index in [-0.39, 0.29) is 5.60 Å². The van der Waals surface area contributed by atoms with Crippen LogP contribution in [0.3, 0.4) is 0 Å². The maximum atomic E-state index is 6.44. The molecule has 0 bridgehead atoms. The predicted molar refractivity (Wildman–Crippen MR) is 104 cm³/mol. The van der Waals surface area contributed by atoms with Gasteiger partial charge in [0.15, 0.2) is 0 Å². The van der Waals surface area contributed by atoms with Crippen LogP contribution in [-0.2, 0) is 15.9 Å². The Morgan fingerprint density at radius 1 is 1.32 bits per heavy atom. The molecule has 0 aromatic heterocycles. The van der Waals surface area contributed by atoms with E-state index in [1.165, 1.54) is 24.9 Å². The van der Waals surface area contributed by atoms with Crippen molar-refractivity contribution in [3.63, 3.8) is 0 Å². The number of ether oxygens (including phenoxy) is 2. The summed E-state index contributed by atoms with van der Waals surface area (Å²) in [5.74, 6) is 1.38. The predicted octanol–water partition coefficient (Wildman–Crippen LogP) is 3.69. The van der Waals surface area contributed by atoms with Crippen molar-refractivity contribution >= 4 is 11.6 Å². The van der Waals surface area contributed by atoms with Crippen LogP contribution in [0.15, 0.2) is 24.3 Å². The van der Waals surface area contributed by atoms with Gasteiger partial charge in [0, 0.05) is 25.2 Å². The fourth-order valence-corrected chi connectivity index (χ4v) is 4.19. The molecule has 0 aliphatic carbocycles. The van der Waals surface area contributed by atoms with Crippen molar-refractivity contribution in [1.29, 1.82) is 0 Å². The summed E-state index contributed by atoms with van der Waals surface area (Å²) in [5, 5.41) is 3.34. The first-order valence-corrected chi connectivity index (χ1v) is 10.1. The van der Waals surface area contributed by atoms with Gasteiger partial charge in [-0.05, 0) is 63.0 Å². The molecule has 0 unspecified atom stereocenters. The standard InChI is InChI=1S/C21H34ClNO2/c1-21(2)16-19(10-14-25-21)17(9-12-23-11-6-13-24-3)15-18-7-4-5-8-20(18)22/h4-5,7-8,17,19,23H,6,9-16H2,1-3H3/p+1/t17-,19+/m1/s1. The van der Waals surface area contributed by atoms with Crippen LogP contribution >= 0.6 is 11.6 Å². The van der Waals surface area contributed by atoms with E-state index >= 15 is 0 Å². The summed E-state index contributed by atoms with van der Waals surface area (Å²) in [7, 11) is 1.77. The summed E-state index contributed by atoms with van der Waals surface area (Å²) in [6, 6.07) is 8.31. The molecule has 1 saturated heterocycles. The van der Waals surface area contributed by atoms with Gasteiger partial charge in [-0.3, -0.25) is 0 Å². The molecule has 4 heteroatoms. The summed E-state index contributed by atoms with van der Waals surface area (Å²) < 4.78 is 11.1. The van der Waals surface area contributed by atoms with E-state index in [9.17, 15) is 0 Å². The van der Waals surface area contributed by atoms with Gasteiger partial charge in [-0.1, -0.05) is 29.8 Å². The number of quaternary nitrogens is 1. The van der Waals surface area contributed by atoms with Crippen molar-refractivity contribution in [3.8, 4) is 0 Å². The molecule has 1 aliphatic rings. The normalized spacial score (nSPS) is 21.2. The number of nitrogens with two attached hydrogens (primary N) is 1. The summed E-state index contributed by atoms with van der Waals surface area (Å²) in [6.07, 6.45) is 5.75. The van der Waals surface area contributed by atoms with Gasteiger partial charge in [-0.25, -0.2) is 0 Å². The van der Waals surface area contributed by atoms with Crippen molar-refractivity contribution in [2.45, 2.75) is 51.6 Å².